The van der Waals surface area contributed by atoms with Crippen LogP contribution in [0.25, 0.3) is 21.5 Å². The average Bonchev–Trinajstić information content (AvgIpc) is 3.45. The first-order chi connectivity index (χ1) is 16.8. The molecule has 0 spiro atoms. The number of rotatable bonds is 5. The number of aryl methyl sites for hydroxylation is 1. The van der Waals surface area contributed by atoms with Crippen molar-refractivity contribution >= 4 is 34.4 Å². The number of carbonyl (C=O) groups excluding carboxylic acids is 1. The lowest BCUT2D eigenvalue weighted by atomic mass is 9.88. The highest BCUT2D eigenvalue weighted by molar-refractivity contribution is 7.15. The van der Waals surface area contributed by atoms with Crippen LogP contribution in [-0.2, 0) is 0 Å². The maximum atomic E-state index is 14.1. The third-order valence-corrected chi connectivity index (χ3v) is 7.21. The van der Waals surface area contributed by atoms with Gasteiger partial charge in [0.2, 0.25) is 0 Å². The van der Waals surface area contributed by atoms with Gasteiger partial charge in [0.25, 0.3) is 11.9 Å². The molecule has 10 heteroatoms. The normalized spacial score (nSPS) is 18.7. The second-order valence-electron chi connectivity index (χ2n) is 8.50. The Balaban J connectivity index is 1.46. The van der Waals surface area contributed by atoms with Crippen molar-refractivity contribution < 1.29 is 22.4 Å². The van der Waals surface area contributed by atoms with Crippen LogP contribution in [0, 0.1) is 12.8 Å². The number of piperidine rings is 1. The van der Waals surface area contributed by atoms with Crippen molar-refractivity contribution in [3.63, 3.8) is 0 Å². The van der Waals surface area contributed by atoms with Gasteiger partial charge < -0.3 is 14.6 Å². The number of hydrogen-bond donors (Lipinski definition) is 1. The zero-order valence-corrected chi connectivity index (χ0v) is 19.7. The molecule has 2 unspecified atom stereocenters. The molecular formula is C25H23F3N4O2S. The lowest BCUT2D eigenvalue weighted by molar-refractivity contribution is -0.196. The van der Waals surface area contributed by atoms with Crippen LogP contribution < -0.4 is 5.32 Å². The van der Waals surface area contributed by atoms with E-state index in [-0.39, 0.29) is 37.6 Å². The number of halogens is 3. The molecule has 1 N–H and O–H groups in total. The number of benzene rings is 2. The van der Waals surface area contributed by atoms with Gasteiger partial charge in [-0.25, -0.2) is 4.98 Å². The maximum absolute atomic E-state index is 14.1. The fourth-order valence-electron chi connectivity index (χ4n) is 4.58. The number of amides is 1. The van der Waals surface area contributed by atoms with E-state index in [9.17, 15) is 18.0 Å². The van der Waals surface area contributed by atoms with E-state index in [1.807, 2.05) is 30.3 Å². The molecule has 1 aliphatic heterocycles. The molecule has 1 saturated heterocycles. The number of para-hydroxylation sites is 2. The SMILES string of the molecule is Cc1nc(C(=O)N2CCCC(C(F)(F)F)C2CNc2nc3ccccc3o2)c(-c2ccccc2)s1. The van der Waals surface area contributed by atoms with Gasteiger partial charge in [-0.1, -0.05) is 42.5 Å². The van der Waals surface area contributed by atoms with E-state index < -0.39 is 24.0 Å². The van der Waals surface area contributed by atoms with Crippen LogP contribution in [0.3, 0.4) is 0 Å². The first-order valence-electron chi connectivity index (χ1n) is 11.3. The molecular weight excluding hydrogens is 477 g/mol. The number of carbonyl (C=O) groups is 1. The Labute approximate surface area is 203 Å². The lowest BCUT2D eigenvalue weighted by Gasteiger charge is -2.41. The Hall–Kier alpha value is -3.40. The predicted molar refractivity (Wildman–Crippen MR) is 128 cm³/mol. The highest BCUT2D eigenvalue weighted by Gasteiger charge is 2.49. The molecule has 2 aromatic heterocycles. The fraction of sp³-hybridized carbons (Fsp3) is 0.320. The molecule has 6 nitrogen and oxygen atoms in total. The number of alkyl halides is 3. The Bertz CT molecular complexity index is 1300. The quantitative estimate of drug-likeness (QED) is 0.356. The third kappa shape index (κ3) is 4.75. The number of nitrogens with one attached hydrogen (secondary N) is 1. The molecule has 1 aliphatic rings. The number of likely N-dealkylation sites (tertiary alicyclic amines) is 1. The van der Waals surface area contributed by atoms with Gasteiger partial charge >= 0.3 is 6.18 Å². The number of aromatic nitrogens is 2. The fourth-order valence-corrected chi connectivity index (χ4v) is 5.49. The summed E-state index contributed by atoms with van der Waals surface area (Å²) in [6.07, 6.45) is -4.24. The lowest BCUT2D eigenvalue weighted by Crippen LogP contribution is -2.55. The summed E-state index contributed by atoms with van der Waals surface area (Å²) in [5, 5.41) is 3.58. The van der Waals surface area contributed by atoms with E-state index in [0.717, 1.165) is 5.56 Å². The molecule has 35 heavy (non-hydrogen) atoms. The summed E-state index contributed by atoms with van der Waals surface area (Å²) in [5.41, 5.74) is 2.13. The van der Waals surface area contributed by atoms with Crippen LogP contribution >= 0.6 is 11.3 Å². The Morgan fingerprint density at radius 3 is 2.63 bits per heavy atom. The average molecular weight is 501 g/mol. The molecule has 2 atom stereocenters. The maximum Gasteiger partial charge on any atom is 0.393 e. The summed E-state index contributed by atoms with van der Waals surface area (Å²) in [4.78, 5) is 24.4. The predicted octanol–water partition coefficient (Wildman–Crippen LogP) is 6.15. The minimum atomic E-state index is -4.45. The summed E-state index contributed by atoms with van der Waals surface area (Å²) in [7, 11) is 0. The van der Waals surface area contributed by atoms with Gasteiger partial charge in [0.1, 0.15) is 11.2 Å². The van der Waals surface area contributed by atoms with Crippen molar-refractivity contribution in [1.29, 1.82) is 0 Å². The minimum Gasteiger partial charge on any atom is -0.424 e. The molecule has 182 valence electrons. The Morgan fingerprint density at radius 2 is 1.89 bits per heavy atom. The van der Waals surface area contributed by atoms with Crippen LogP contribution in [0.15, 0.2) is 59.0 Å². The highest BCUT2D eigenvalue weighted by atomic mass is 32.1. The van der Waals surface area contributed by atoms with Crippen molar-refractivity contribution in [3.05, 3.63) is 65.3 Å². The number of oxazole rings is 1. The second kappa shape index (κ2) is 9.33. The topological polar surface area (TPSA) is 71.3 Å². The van der Waals surface area contributed by atoms with Crippen molar-refractivity contribution in [2.45, 2.75) is 32.0 Å². The molecule has 0 aliphatic carbocycles. The molecule has 1 fully saturated rings. The van der Waals surface area contributed by atoms with Gasteiger partial charge in [0, 0.05) is 13.1 Å². The van der Waals surface area contributed by atoms with Crippen LogP contribution in [0.5, 0.6) is 0 Å². The third-order valence-electron chi connectivity index (χ3n) is 6.19. The molecule has 2 aromatic carbocycles. The summed E-state index contributed by atoms with van der Waals surface area (Å²) in [6, 6.07) is 15.4. The van der Waals surface area contributed by atoms with E-state index in [4.69, 9.17) is 4.42 Å². The van der Waals surface area contributed by atoms with Crippen molar-refractivity contribution in [3.8, 4) is 10.4 Å². The van der Waals surface area contributed by atoms with Crippen LogP contribution in [0.4, 0.5) is 19.2 Å². The largest absolute Gasteiger partial charge is 0.424 e. The van der Waals surface area contributed by atoms with E-state index in [1.54, 1.807) is 31.2 Å². The van der Waals surface area contributed by atoms with Crippen molar-refractivity contribution in [2.75, 3.05) is 18.4 Å². The van der Waals surface area contributed by atoms with Crippen LogP contribution in [-0.4, -0.2) is 46.1 Å². The number of hydrogen-bond acceptors (Lipinski definition) is 6. The Morgan fingerprint density at radius 1 is 1.14 bits per heavy atom. The van der Waals surface area contributed by atoms with Gasteiger partial charge in [0.15, 0.2) is 5.58 Å². The first-order valence-corrected chi connectivity index (χ1v) is 12.1. The van der Waals surface area contributed by atoms with E-state index in [1.165, 1.54) is 16.2 Å². The van der Waals surface area contributed by atoms with Crippen LogP contribution in [0.2, 0.25) is 0 Å². The van der Waals surface area contributed by atoms with Crippen molar-refractivity contribution in [1.82, 2.24) is 14.9 Å². The van der Waals surface area contributed by atoms with Gasteiger partial charge in [-0.05, 0) is 37.5 Å². The summed E-state index contributed by atoms with van der Waals surface area (Å²) in [5.74, 6) is -2.16. The molecule has 3 heterocycles. The van der Waals surface area contributed by atoms with Crippen LogP contribution in [0.1, 0.15) is 28.3 Å². The molecule has 0 radical (unpaired) electrons. The Kier molecular flexibility index (Phi) is 6.22. The summed E-state index contributed by atoms with van der Waals surface area (Å²) in [6.45, 7) is 1.86. The van der Waals surface area contributed by atoms with Gasteiger partial charge in [-0.15, -0.1) is 11.3 Å². The summed E-state index contributed by atoms with van der Waals surface area (Å²) < 4.78 is 47.8. The van der Waals surface area contributed by atoms with E-state index >= 15 is 0 Å². The smallest absolute Gasteiger partial charge is 0.393 e. The number of nitrogens with zero attached hydrogens (tertiary/aromatic N) is 3. The molecule has 0 saturated carbocycles. The second-order valence-corrected chi connectivity index (χ2v) is 9.70. The molecule has 5 rings (SSSR count). The molecule has 1 amide bonds. The standard InChI is InChI=1S/C25H23F3N4O2S/c1-15-30-21(22(35-15)16-8-3-2-4-9-16)23(33)32-13-7-10-17(25(26,27)28)19(32)14-29-24-31-18-11-5-6-12-20(18)34-24/h2-6,8-9,11-12,17,19H,7,10,13-14H2,1H3,(H,29,31). The van der Waals surface area contributed by atoms with Gasteiger partial charge in [-0.2, -0.15) is 18.2 Å². The highest BCUT2D eigenvalue weighted by Crippen LogP contribution is 2.39. The first kappa shape index (κ1) is 23.3. The monoisotopic (exact) mass is 500 g/mol. The minimum absolute atomic E-state index is 0.0468. The number of anilines is 1. The molecule has 0 bridgehead atoms. The van der Waals surface area contributed by atoms with Crippen molar-refractivity contribution in [2.24, 2.45) is 5.92 Å². The van der Waals surface area contributed by atoms with E-state index in [0.29, 0.717) is 21.0 Å². The zero-order valence-electron chi connectivity index (χ0n) is 18.9. The number of thiazole rings is 1. The number of fused-ring (bicyclic) bond motifs is 1. The summed E-state index contributed by atoms with van der Waals surface area (Å²) >= 11 is 1.36. The van der Waals surface area contributed by atoms with E-state index in [2.05, 4.69) is 15.3 Å². The van der Waals surface area contributed by atoms with Gasteiger partial charge in [0.05, 0.1) is 21.8 Å². The zero-order chi connectivity index (χ0) is 24.6. The molecule has 4 aromatic rings. The van der Waals surface area contributed by atoms with Gasteiger partial charge in [-0.3, -0.25) is 4.79 Å².